The standard InChI is InChI=1S/C13H7F4NO2/c14-11-9(5-7(6-18-11)12(19)20)8-3-1-2-4-10(8)13(15,16)17/h1-6H,(H,19,20). The van der Waals surface area contributed by atoms with Gasteiger partial charge in [0.15, 0.2) is 0 Å². The summed E-state index contributed by atoms with van der Waals surface area (Å²) >= 11 is 0. The van der Waals surface area contributed by atoms with Crippen LogP contribution < -0.4 is 0 Å². The SMILES string of the molecule is O=C(O)c1cnc(F)c(-c2ccccc2C(F)(F)F)c1. The molecule has 0 fully saturated rings. The zero-order chi connectivity index (χ0) is 14.9. The molecule has 0 aliphatic carbocycles. The zero-order valence-corrected chi connectivity index (χ0v) is 9.78. The molecular formula is C13H7F4NO2. The first kappa shape index (κ1) is 14.0. The maximum Gasteiger partial charge on any atom is 0.417 e. The zero-order valence-electron chi connectivity index (χ0n) is 9.78. The van der Waals surface area contributed by atoms with Gasteiger partial charge >= 0.3 is 12.1 Å². The summed E-state index contributed by atoms with van der Waals surface area (Å²) in [5.41, 5.74) is -2.40. The van der Waals surface area contributed by atoms with Crippen LogP contribution in [0.4, 0.5) is 17.6 Å². The number of rotatable bonds is 2. The van der Waals surface area contributed by atoms with Crippen LogP contribution in [0.1, 0.15) is 15.9 Å². The molecule has 7 heteroatoms. The number of pyridine rings is 1. The molecule has 20 heavy (non-hydrogen) atoms. The average Bonchev–Trinajstić information content (AvgIpc) is 2.38. The average molecular weight is 285 g/mol. The van der Waals surface area contributed by atoms with Crippen molar-refractivity contribution in [1.82, 2.24) is 4.98 Å². The van der Waals surface area contributed by atoms with Gasteiger partial charge in [-0.2, -0.15) is 17.6 Å². The Bertz CT molecular complexity index is 668. The van der Waals surface area contributed by atoms with Gasteiger partial charge < -0.3 is 5.11 Å². The smallest absolute Gasteiger partial charge is 0.417 e. The van der Waals surface area contributed by atoms with Gasteiger partial charge in [-0.15, -0.1) is 0 Å². The number of hydrogen-bond acceptors (Lipinski definition) is 2. The van der Waals surface area contributed by atoms with Gasteiger partial charge in [-0.3, -0.25) is 0 Å². The van der Waals surface area contributed by atoms with Gasteiger partial charge in [0, 0.05) is 11.8 Å². The summed E-state index contributed by atoms with van der Waals surface area (Å²) in [6.07, 6.45) is -3.93. The molecule has 2 aromatic rings. The molecule has 3 nitrogen and oxygen atoms in total. The highest BCUT2D eigenvalue weighted by Gasteiger charge is 2.34. The molecule has 0 amide bonds. The monoisotopic (exact) mass is 285 g/mol. The summed E-state index contributed by atoms with van der Waals surface area (Å²) in [5.74, 6) is -2.56. The number of carbonyl (C=O) groups is 1. The third-order valence-corrected chi connectivity index (χ3v) is 2.61. The minimum absolute atomic E-state index is 0.390. The van der Waals surface area contributed by atoms with E-state index in [1.807, 2.05) is 0 Å². The molecular weight excluding hydrogens is 278 g/mol. The summed E-state index contributed by atoms with van der Waals surface area (Å²) in [4.78, 5) is 14.0. The molecule has 0 saturated carbocycles. The number of alkyl halides is 3. The number of aromatic nitrogens is 1. The molecule has 0 aliphatic rings. The lowest BCUT2D eigenvalue weighted by Gasteiger charge is -2.13. The van der Waals surface area contributed by atoms with Gasteiger partial charge in [0.1, 0.15) is 0 Å². The van der Waals surface area contributed by atoms with Crippen molar-refractivity contribution in [2.75, 3.05) is 0 Å². The van der Waals surface area contributed by atoms with Crippen molar-refractivity contribution in [2.24, 2.45) is 0 Å². The Labute approximate surface area is 110 Å². The Kier molecular flexibility index (Phi) is 3.44. The first-order valence-electron chi connectivity index (χ1n) is 5.36. The van der Waals surface area contributed by atoms with Crippen LogP contribution in [0.3, 0.4) is 0 Å². The van der Waals surface area contributed by atoms with E-state index in [-0.39, 0.29) is 0 Å². The third-order valence-electron chi connectivity index (χ3n) is 2.61. The van der Waals surface area contributed by atoms with Crippen LogP contribution in [0.5, 0.6) is 0 Å². The highest BCUT2D eigenvalue weighted by molar-refractivity contribution is 5.89. The number of nitrogens with zero attached hydrogens (tertiary/aromatic N) is 1. The minimum atomic E-state index is -4.68. The topological polar surface area (TPSA) is 50.2 Å². The highest BCUT2D eigenvalue weighted by atomic mass is 19.4. The van der Waals surface area contributed by atoms with E-state index in [0.717, 1.165) is 24.4 Å². The second-order valence-electron chi connectivity index (χ2n) is 3.91. The molecule has 2 rings (SSSR count). The van der Waals surface area contributed by atoms with E-state index in [1.54, 1.807) is 0 Å². The number of aromatic carboxylic acids is 1. The molecule has 1 aromatic heterocycles. The predicted octanol–water partition coefficient (Wildman–Crippen LogP) is 3.60. The van der Waals surface area contributed by atoms with Crippen molar-refractivity contribution in [2.45, 2.75) is 6.18 Å². The second-order valence-corrected chi connectivity index (χ2v) is 3.91. The van der Waals surface area contributed by atoms with E-state index in [2.05, 4.69) is 4.98 Å². The number of benzene rings is 1. The number of carboxylic acids is 1. The highest BCUT2D eigenvalue weighted by Crippen LogP contribution is 2.37. The van der Waals surface area contributed by atoms with Gasteiger partial charge in [-0.05, 0) is 17.7 Å². The lowest BCUT2D eigenvalue weighted by atomic mass is 9.99. The molecule has 0 radical (unpaired) electrons. The first-order chi connectivity index (χ1) is 9.30. The predicted molar refractivity (Wildman–Crippen MR) is 61.6 cm³/mol. The van der Waals surface area contributed by atoms with E-state index >= 15 is 0 Å². The summed E-state index contributed by atoms with van der Waals surface area (Å²) in [7, 11) is 0. The van der Waals surface area contributed by atoms with Gasteiger partial charge in [0.25, 0.3) is 0 Å². The summed E-state index contributed by atoms with van der Waals surface area (Å²) in [6.45, 7) is 0. The minimum Gasteiger partial charge on any atom is -0.478 e. The van der Waals surface area contributed by atoms with Crippen molar-refractivity contribution < 1.29 is 27.5 Å². The van der Waals surface area contributed by atoms with Crippen molar-refractivity contribution in [3.8, 4) is 11.1 Å². The third kappa shape index (κ3) is 2.61. The quantitative estimate of drug-likeness (QED) is 0.677. The summed E-state index contributed by atoms with van der Waals surface area (Å²) in [5, 5.41) is 8.79. The fraction of sp³-hybridized carbons (Fsp3) is 0.0769. The van der Waals surface area contributed by atoms with Gasteiger partial charge in [0.2, 0.25) is 5.95 Å². The number of carboxylic acid groups (broad SMARTS) is 1. The number of hydrogen-bond donors (Lipinski definition) is 1. The van der Waals surface area contributed by atoms with Crippen LogP contribution in [-0.4, -0.2) is 16.1 Å². The molecule has 0 saturated heterocycles. The lowest BCUT2D eigenvalue weighted by molar-refractivity contribution is -0.137. The maximum atomic E-state index is 13.6. The van der Waals surface area contributed by atoms with Gasteiger partial charge in [-0.1, -0.05) is 18.2 Å². The Morgan fingerprint density at radius 2 is 1.80 bits per heavy atom. The van der Waals surface area contributed by atoms with Crippen LogP contribution in [0.25, 0.3) is 11.1 Å². The Hall–Kier alpha value is -2.44. The van der Waals surface area contributed by atoms with E-state index < -0.39 is 40.3 Å². The largest absolute Gasteiger partial charge is 0.478 e. The Morgan fingerprint density at radius 3 is 2.40 bits per heavy atom. The van der Waals surface area contributed by atoms with E-state index in [1.165, 1.54) is 12.1 Å². The molecule has 1 N–H and O–H groups in total. The fourth-order valence-corrected chi connectivity index (χ4v) is 1.72. The van der Waals surface area contributed by atoms with E-state index in [0.29, 0.717) is 0 Å². The molecule has 0 bridgehead atoms. The van der Waals surface area contributed by atoms with Gasteiger partial charge in [0.05, 0.1) is 11.1 Å². The van der Waals surface area contributed by atoms with Crippen LogP contribution in [0, 0.1) is 5.95 Å². The lowest BCUT2D eigenvalue weighted by Crippen LogP contribution is -2.08. The van der Waals surface area contributed by atoms with Crippen LogP contribution >= 0.6 is 0 Å². The van der Waals surface area contributed by atoms with Gasteiger partial charge in [-0.25, -0.2) is 9.78 Å². The normalized spacial score (nSPS) is 11.4. The van der Waals surface area contributed by atoms with Crippen LogP contribution in [0.15, 0.2) is 36.5 Å². The Balaban J connectivity index is 2.69. The molecule has 0 atom stereocenters. The van der Waals surface area contributed by atoms with Crippen molar-refractivity contribution in [3.63, 3.8) is 0 Å². The summed E-state index contributed by atoms with van der Waals surface area (Å²) in [6, 6.07) is 5.15. The van der Waals surface area contributed by atoms with E-state index in [4.69, 9.17) is 5.11 Å². The maximum absolute atomic E-state index is 13.6. The van der Waals surface area contributed by atoms with Crippen LogP contribution in [-0.2, 0) is 6.18 Å². The molecule has 0 unspecified atom stereocenters. The summed E-state index contributed by atoms with van der Waals surface area (Å²) < 4.78 is 52.2. The fourth-order valence-electron chi connectivity index (χ4n) is 1.72. The number of halogens is 4. The van der Waals surface area contributed by atoms with E-state index in [9.17, 15) is 22.4 Å². The molecule has 1 aromatic carbocycles. The van der Waals surface area contributed by atoms with Crippen molar-refractivity contribution >= 4 is 5.97 Å². The van der Waals surface area contributed by atoms with Crippen LogP contribution in [0.2, 0.25) is 0 Å². The van der Waals surface area contributed by atoms with Crippen molar-refractivity contribution in [3.05, 3.63) is 53.6 Å². The molecule has 0 spiro atoms. The van der Waals surface area contributed by atoms with Crippen molar-refractivity contribution in [1.29, 1.82) is 0 Å². The first-order valence-corrected chi connectivity index (χ1v) is 5.36. The Morgan fingerprint density at radius 1 is 1.15 bits per heavy atom. The second kappa shape index (κ2) is 4.92. The molecule has 1 heterocycles. The molecule has 0 aliphatic heterocycles. The molecule has 104 valence electrons.